The molecule has 95 heavy (non-hydrogen) atoms. The number of phosphoric acid groups is 2. The summed E-state index contributed by atoms with van der Waals surface area (Å²) in [6.45, 7) is 14.2. The molecule has 17 nitrogen and oxygen atoms in total. The molecule has 0 rings (SSSR count). The summed E-state index contributed by atoms with van der Waals surface area (Å²) in [5.74, 6) is 0.967. The fraction of sp³-hybridized carbons (Fsp3) is 0.947. The van der Waals surface area contributed by atoms with Crippen molar-refractivity contribution in [3.05, 3.63) is 0 Å². The van der Waals surface area contributed by atoms with Crippen molar-refractivity contribution in [1.82, 2.24) is 0 Å². The maximum Gasteiger partial charge on any atom is 0.472 e. The van der Waals surface area contributed by atoms with Crippen LogP contribution in [0.4, 0.5) is 0 Å². The van der Waals surface area contributed by atoms with Crippen LogP contribution in [0.15, 0.2) is 0 Å². The van der Waals surface area contributed by atoms with E-state index in [2.05, 4.69) is 55.4 Å². The lowest BCUT2D eigenvalue weighted by molar-refractivity contribution is -0.161. The normalized spacial score (nSPS) is 15.0. The molecule has 3 N–H and O–H groups in total. The maximum atomic E-state index is 13.1. The number of carbonyl (C=O) groups excluding carboxylic acids is 4. The highest BCUT2D eigenvalue weighted by Gasteiger charge is 2.30. The number of unbranched alkanes of at least 4 members (excludes halogenated alkanes) is 36. The minimum Gasteiger partial charge on any atom is -0.462 e. The third-order valence-electron chi connectivity index (χ3n) is 18.7. The van der Waals surface area contributed by atoms with Crippen LogP contribution in [0, 0.1) is 23.7 Å². The van der Waals surface area contributed by atoms with E-state index < -0.39 is 97.5 Å². The van der Waals surface area contributed by atoms with Crippen molar-refractivity contribution in [2.45, 2.75) is 401 Å². The van der Waals surface area contributed by atoms with Gasteiger partial charge < -0.3 is 33.8 Å². The topological polar surface area (TPSA) is 237 Å². The lowest BCUT2D eigenvalue weighted by atomic mass is 9.99. The Morgan fingerprint density at radius 3 is 0.747 bits per heavy atom. The summed E-state index contributed by atoms with van der Waals surface area (Å²) in [7, 11) is -9.91. The van der Waals surface area contributed by atoms with Gasteiger partial charge in [0, 0.05) is 25.7 Å². The Hall–Kier alpha value is -1.94. The summed E-state index contributed by atoms with van der Waals surface area (Å²) in [5.41, 5.74) is 0. The van der Waals surface area contributed by atoms with Gasteiger partial charge in [0.25, 0.3) is 0 Å². The molecule has 0 heterocycles. The Labute approximate surface area is 581 Å². The number of ether oxygens (including phenoxy) is 4. The third-order valence-corrected chi connectivity index (χ3v) is 20.6. The second-order valence-electron chi connectivity index (χ2n) is 28.6. The molecule has 0 radical (unpaired) electrons. The molecule has 564 valence electrons. The molecule has 0 aliphatic heterocycles. The van der Waals surface area contributed by atoms with Crippen LogP contribution in [0.3, 0.4) is 0 Å². The van der Waals surface area contributed by atoms with E-state index in [1.807, 2.05) is 0 Å². The second-order valence-corrected chi connectivity index (χ2v) is 31.5. The van der Waals surface area contributed by atoms with Crippen molar-refractivity contribution in [1.29, 1.82) is 0 Å². The van der Waals surface area contributed by atoms with E-state index in [4.69, 9.17) is 37.0 Å². The minimum atomic E-state index is -4.96. The zero-order valence-electron chi connectivity index (χ0n) is 62.3. The first kappa shape index (κ1) is 93.1. The fourth-order valence-electron chi connectivity index (χ4n) is 11.5. The molecule has 0 aromatic heterocycles. The van der Waals surface area contributed by atoms with Crippen molar-refractivity contribution < 1.29 is 80.2 Å². The quantitative estimate of drug-likeness (QED) is 0.0222. The molecule has 19 heteroatoms. The third kappa shape index (κ3) is 66.4. The van der Waals surface area contributed by atoms with Crippen molar-refractivity contribution in [3.8, 4) is 0 Å². The van der Waals surface area contributed by atoms with Gasteiger partial charge in [0.2, 0.25) is 0 Å². The van der Waals surface area contributed by atoms with Gasteiger partial charge in [0.1, 0.15) is 19.3 Å². The molecule has 0 aliphatic carbocycles. The summed E-state index contributed by atoms with van der Waals surface area (Å²) in [5, 5.41) is 10.6. The van der Waals surface area contributed by atoms with Crippen LogP contribution in [-0.2, 0) is 65.4 Å². The first-order chi connectivity index (χ1) is 45.7. The number of rotatable bonds is 73. The standard InChI is InChI=1S/C76H148O17P2/c1-9-67(6)53-45-37-29-24-26-32-42-50-58-75(80)92-71(62-86-73(78)56-48-40-31-23-21-19-17-15-13-12-14-16-18-20-22-28-36-44-52-66(4)5)64-90-94(82,83)88-60-70(77)61-89-95(84,85)91-65-72(63-87-74(79)57-49-41-35-34-39-47-55-69(8)11-3)93-76(81)59-51-43-33-27-25-30-38-46-54-68(7)10-2/h66-72,77H,9-65H2,1-8H3,(H,82,83)(H,84,85)/t67?,68?,69?,70-,71-,72-/m1/s1. The van der Waals surface area contributed by atoms with E-state index in [1.165, 1.54) is 180 Å². The van der Waals surface area contributed by atoms with Crippen LogP contribution in [-0.4, -0.2) is 96.7 Å². The van der Waals surface area contributed by atoms with Crippen LogP contribution in [0.5, 0.6) is 0 Å². The van der Waals surface area contributed by atoms with E-state index in [9.17, 15) is 43.2 Å². The zero-order chi connectivity index (χ0) is 70.3. The van der Waals surface area contributed by atoms with Crippen LogP contribution < -0.4 is 0 Å². The highest BCUT2D eigenvalue weighted by atomic mass is 31.2. The molecule has 5 unspecified atom stereocenters. The van der Waals surface area contributed by atoms with Crippen LogP contribution in [0.1, 0.15) is 383 Å². The Kier molecular flexibility index (Phi) is 64.0. The maximum absolute atomic E-state index is 13.1. The Morgan fingerprint density at radius 2 is 0.505 bits per heavy atom. The van der Waals surface area contributed by atoms with Gasteiger partial charge in [0.05, 0.1) is 26.4 Å². The van der Waals surface area contributed by atoms with E-state index in [0.29, 0.717) is 25.7 Å². The molecule has 0 aliphatic rings. The molecule has 0 saturated heterocycles. The van der Waals surface area contributed by atoms with Crippen LogP contribution in [0.25, 0.3) is 0 Å². The lowest BCUT2D eigenvalue weighted by Gasteiger charge is -2.21. The monoisotopic (exact) mass is 1400 g/mol. The first-order valence-electron chi connectivity index (χ1n) is 39.3. The van der Waals surface area contributed by atoms with E-state index in [-0.39, 0.29) is 25.7 Å². The molecule has 0 bridgehead atoms. The SMILES string of the molecule is CCC(C)CCCCCCCCCCC(=O)O[C@H](COC(=O)CCCCCCCCCCCCCCCCCCCCC(C)C)COP(=O)(O)OC[C@@H](O)COP(=O)(O)OC[C@@H](COC(=O)CCCCCCCCC(C)CC)OC(=O)CCCCCCCCCCC(C)CC. The van der Waals surface area contributed by atoms with E-state index >= 15 is 0 Å². The molecule has 8 atom stereocenters. The molecule has 0 spiro atoms. The fourth-order valence-corrected chi connectivity index (χ4v) is 13.0. The average molecular weight is 1400 g/mol. The molecule has 0 amide bonds. The average Bonchev–Trinajstić information content (AvgIpc) is 3.22. The number of aliphatic hydroxyl groups excluding tert-OH is 1. The zero-order valence-corrected chi connectivity index (χ0v) is 64.1. The Bertz CT molecular complexity index is 1870. The van der Waals surface area contributed by atoms with Crippen molar-refractivity contribution in [2.75, 3.05) is 39.6 Å². The number of phosphoric ester groups is 2. The van der Waals surface area contributed by atoms with Gasteiger partial charge in [-0.25, -0.2) is 9.13 Å². The highest BCUT2D eigenvalue weighted by molar-refractivity contribution is 7.47. The van der Waals surface area contributed by atoms with Gasteiger partial charge in [-0.15, -0.1) is 0 Å². The summed E-state index contributed by atoms with van der Waals surface area (Å²) in [6.07, 6.45) is 50.0. The highest BCUT2D eigenvalue weighted by Crippen LogP contribution is 2.45. The lowest BCUT2D eigenvalue weighted by Crippen LogP contribution is -2.30. The molecule has 0 aromatic rings. The summed E-state index contributed by atoms with van der Waals surface area (Å²) >= 11 is 0. The molecule has 0 saturated carbocycles. The summed E-state index contributed by atoms with van der Waals surface area (Å²) in [4.78, 5) is 72.8. The second kappa shape index (κ2) is 65.4. The molecular weight excluding hydrogens is 1250 g/mol. The number of hydrogen-bond donors (Lipinski definition) is 3. The molecular formula is C76H148O17P2. The van der Waals surface area contributed by atoms with Gasteiger partial charge in [-0.2, -0.15) is 0 Å². The summed E-state index contributed by atoms with van der Waals surface area (Å²) < 4.78 is 68.5. The number of aliphatic hydroxyl groups is 1. The van der Waals surface area contributed by atoms with Gasteiger partial charge in [-0.05, 0) is 49.4 Å². The largest absolute Gasteiger partial charge is 0.472 e. The number of esters is 4. The predicted molar refractivity (Wildman–Crippen MR) is 386 cm³/mol. The van der Waals surface area contributed by atoms with Crippen LogP contribution >= 0.6 is 15.6 Å². The smallest absolute Gasteiger partial charge is 0.462 e. The predicted octanol–water partition coefficient (Wildman–Crippen LogP) is 22.0. The van der Waals surface area contributed by atoms with E-state index in [1.54, 1.807) is 0 Å². The van der Waals surface area contributed by atoms with Gasteiger partial charge in [-0.1, -0.05) is 331 Å². The van der Waals surface area contributed by atoms with Gasteiger partial charge in [0.15, 0.2) is 12.2 Å². The van der Waals surface area contributed by atoms with Crippen molar-refractivity contribution in [2.24, 2.45) is 23.7 Å². The Balaban J connectivity index is 5.19. The number of hydrogen-bond acceptors (Lipinski definition) is 15. The summed E-state index contributed by atoms with van der Waals surface area (Å²) in [6, 6.07) is 0. The van der Waals surface area contributed by atoms with Gasteiger partial charge in [-0.3, -0.25) is 37.3 Å². The minimum absolute atomic E-state index is 0.104. The van der Waals surface area contributed by atoms with E-state index in [0.717, 1.165) is 120 Å². The number of carbonyl (C=O) groups is 4. The first-order valence-corrected chi connectivity index (χ1v) is 42.3. The van der Waals surface area contributed by atoms with Crippen molar-refractivity contribution in [3.63, 3.8) is 0 Å². The molecule has 0 aromatic carbocycles. The Morgan fingerprint density at radius 1 is 0.295 bits per heavy atom. The van der Waals surface area contributed by atoms with Gasteiger partial charge >= 0.3 is 39.5 Å². The van der Waals surface area contributed by atoms with Crippen LogP contribution in [0.2, 0.25) is 0 Å². The van der Waals surface area contributed by atoms with Crippen molar-refractivity contribution >= 4 is 39.5 Å². The molecule has 0 fully saturated rings.